The van der Waals surface area contributed by atoms with Crippen molar-refractivity contribution in [3.8, 4) is 0 Å². The number of nitrogens with zero attached hydrogens (tertiary/aromatic N) is 1. The Hall–Kier alpha value is -0.840. The molecule has 84 valence electrons. The first kappa shape index (κ1) is 12.2. The number of aromatic nitrogens is 1. The lowest BCUT2D eigenvalue weighted by Gasteiger charge is -2.14. The molecule has 0 fully saturated rings. The van der Waals surface area contributed by atoms with Crippen LogP contribution >= 0.6 is 15.9 Å². The minimum atomic E-state index is -0.566. The summed E-state index contributed by atoms with van der Waals surface area (Å²) in [5, 5.41) is 2.74. The van der Waals surface area contributed by atoms with Crippen molar-refractivity contribution >= 4 is 21.8 Å². The van der Waals surface area contributed by atoms with Gasteiger partial charge in [0, 0.05) is 0 Å². The molecule has 0 unspecified atom stereocenters. The highest BCUT2D eigenvalue weighted by molar-refractivity contribution is 9.10. The number of carbonyl (C=O) groups excluding carboxylic acids is 1. The van der Waals surface area contributed by atoms with E-state index < -0.39 is 4.32 Å². The smallest absolute Gasteiger partial charge is 0.236 e. The summed E-state index contributed by atoms with van der Waals surface area (Å²) in [5.74, 6) is 1.24. The van der Waals surface area contributed by atoms with Crippen molar-refractivity contribution in [2.75, 3.05) is 0 Å². The molecule has 1 heterocycles. The third-order valence-corrected chi connectivity index (χ3v) is 2.37. The molecule has 0 saturated carbocycles. The van der Waals surface area contributed by atoms with Crippen LogP contribution in [0, 0.1) is 13.8 Å². The Kier molecular flexibility index (Phi) is 3.54. The zero-order valence-electron chi connectivity index (χ0n) is 9.35. The van der Waals surface area contributed by atoms with E-state index in [1.807, 2.05) is 13.8 Å². The van der Waals surface area contributed by atoms with Crippen molar-refractivity contribution in [2.24, 2.45) is 0 Å². The van der Waals surface area contributed by atoms with Crippen molar-refractivity contribution in [1.29, 1.82) is 0 Å². The molecule has 0 aromatic carbocycles. The Bertz CT molecular complexity index is 346. The minimum absolute atomic E-state index is 0.0870. The van der Waals surface area contributed by atoms with Gasteiger partial charge in [-0.3, -0.25) is 4.79 Å². The maximum Gasteiger partial charge on any atom is 0.236 e. The van der Waals surface area contributed by atoms with Crippen LogP contribution in [-0.4, -0.2) is 15.2 Å². The number of hydrogen-bond donors (Lipinski definition) is 1. The van der Waals surface area contributed by atoms with E-state index in [9.17, 15) is 4.79 Å². The summed E-state index contributed by atoms with van der Waals surface area (Å²) in [5.41, 5.74) is 0.859. The lowest BCUT2D eigenvalue weighted by Crippen LogP contribution is -2.37. The molecule has 1 aromatic heterocycles. The first-order valence-electron chi connectivity index (χ1n) is 4.71. The van der Waals surface area contributed by atoms with Crippen LogP contribution in [0.4, 0.5) is 0 Å². The topological polar surface area (TPSA) is 55.1 Å². The number of nitrogens with one attached hydrogen (secondary N) is 1. The molecule has 0 atom stereocenters. The number of amides is 1. The number of oxazole rings is 1. The summed E-state index contributed by atoms with van der Waals surface area (Å²) in [6.45, 7) is 7.62. The van der Waals surface area contributed by atoms with Gasteiger partial charge in [-0.2, -0.15) is 0 Å². The van der Waals surface area contributed by atoms with E-state index in [1.165, 1.54) is 0 Å². The van der Waals surface area contributed by atoms with Crippen molar-refractivity contribution in [1.82, 2.24) is 10.3 Å². The Morgan fingerprint density at radius 2 is 2.13 bits per heavy atom. The molecule has 1 amide bonds. The summed E-state index contributed by atoms with van der Waals surface area (Å²) in [7, 11) is 0. The minimum Gasteiger partial charge on any atom is -0.444 e. The molecule has 0 aliphatic heterocycles. The van der Waals surface area contributed by atoms with Crippen molar-refractivity contribution < 1.29 is 9.21 Å². The van der Waals surface area contributed by atoms with Crippen molar-refractivity contribution in [2.45, 2.75) is 38.6 Å². The monoisotopic (exact) mass is 274 g/mol. The second-order valence-electron chi connectivity index (χ2n) is 3.90. The van der Waals surface area contributed by atoms with Crippen LogP contribution in [0.25, 0.3) is 0 Å². The summed E-state index contributed by atoms with van der Waals surface area (Å²) in [6, 6.07) is 0. The van der Waals surface area contributed by atoms with E-state index in [2.05, 4.69) is 26.2 Å². The van der Waals surface area contributed by atoms with Crippen LogP contribution in [-0.2, 0) is 11.3 Å². The Morgan fingerprint density at radius 3 is 2.53 bits per heavy atom. The quantitative estimate of drug-likeness (QED) is 0.859. The van der Waals surface area contributed by atoms with Crippen molar-refractivity contribution in [3.63, 3.8) is 0 Å². The molecule has 0 radical (unpaired) electrons. The Balaban J connectivity index is 2.55. The van der Waals surface area contributed by atoms with Gasteiger partial charge in [-0.05, 0) is 27.7 Å². The van der Waals surface area contributed by atoms with Gasteiger partial charge in [-0.1, -0.05) is 15.9 Å². The number of rotatable bonds is 3. The SMILES string of the molecule is Cc1nc(CNC(=O)C(C)(C)Br)oc1C. The van der Waals surface area contributed by atoms with Crippen LogP contribution in [0.1, 0.15) is 31.2 Å². The molecule has 1 N–H and O–H groups in total. The molecule has 0 bridgehead atoms. The van der Waals surface area contributed by atoms with Crippen LogP contribution in [0.3, 0.4) is 0 Å². The third kappa shape index (κ3) is 3.34. The summed E-state index contributed by atoms with van der Waals surface area (Å²) in [6.07, 6.45) is 0. The molecular formula is C10H15BrN2O2. The number of hydrogen-bond acceptors (Lipinski definition) is 3. The zero-order chi connectivity index (χ0) is 11.6. The summed E-state index contributed by atoms with van der Waals surface area (Å²) >= 11 is 3.27. The Labute approximate surface area is 97.6 Å². The molecular weight excluding hydrogens is 260 g/mol. The second kappa shape index (κ2) is 4.35. The first-order chi connectivity index (χ1) is 6.80. The van der Waals surface area contributed by atoms with Gasteiger partial charge in [0.2, 0.25) is 11.8 Å². The van der Waals surface area contributed by atoms with E-state index in [1.54, 1.807) is 13.8 Å². The maximum absolute atomic E-state index is 11.5. The average Bonchev–Trinajstić information content (AvgIpc) is 2.41. The van der Waals surface area contributed by atoms with E-state index in [-0.39, 0.29) is 5.91 Å². The third-order valence-electron chi connectivity index (χ3n) is 2.01. The molecule has 15 heavy (non-hydrogen) atoms. The lowest BCUT2D eigenvalue weighted by molar-refractivity contribution is -0.122. The predicted octanol–water partition coefficient (Wildman–Crippen LogP) is 2.08. The highest BCUT2D eigenvalue weighted by Gasteiger charge is 2.23. The molecule has 4 nitrogen and oxygen atoms in total. The maximum atomic E-state index is 11.5. The van der Waals surface area contributed by atoms with Crippen LogP contribution in [0.2, 0.25) is 0 Å². The molecule has 1 rings (SSSR count). The largest absolute Gasteiger partial charge is 0.444 e. The van der Waals surface area contributed by atoms with Gasteiger partial charge in [0.15, 0.2) is 0 Å². The van der Waals surface area contributed by atoms with Crippen LogP contribution in [0.5, 0.6) is 0 Å². The molecule has 0 spiro atoms. The lowest BCUT2D eigenvalue weighted by atomic mass is 10.2. The van der Waals surface area contributed by atoms with Gasteiger partial charge in [-0.25, -0.2) is 4.98 Å². The van der Waals surface area contributed by atoms with Gasteiger partial charge in [0.1, 0.15) is 5.76 Å². The molecule has 5 heteroatoms. The normalized spacial score (nSPS) is 11.5. The van der Waals surface area contributed by atoms with E-state index in [0.29, 0.717) is 12.4 Å². The second-order valence-corrected chi connectivity index (χ2v) is 5.89. The highest BCUT2D eigenvalue weighted by atomic mass is 79.9. The number of halogens is 1. The molecule has 0 aliphatic rings. The van der Waals surface area contributed by atoms with Crippen LogP contribution in [0.15, 0.2) is 4.42 Å². The highest BCUT2D eigenvalue weighted by Crippen LogP contribution is 2.15. The van der Waals surface area contributed by atoms with E-state index in [0.717, 1.165) is 11.5 Å². The van der Waals surface area contributed by atoms with E-state index >= 15 is 0 Å². The first-order valence-corrected chi connectivity index (χ1v) is 5.50. The van der Waals surface area contributed by atoms with Gasteiger partial charge in [-0.15, -0.1) is 0 Å². The fraction of sp³-hybridized carbons (Fsp3) is 0.600. The van der Waals surface area contributed by atoms with Gasteiger partial charge in [0.25, 0.3) is 0 Å². The zero-order valence-corrected chi connectivity index (χ0v) is 10.9. The number of aryl methyl sites for hydroxylation is 2. The van der Waals surface area contributed by atoms with Gasteiger partial charge >= 0.3 is 0 Å². The standard InChI is InChI=1S/C10H15BrN2O2/c1-6-7(2)15-8(13-6)5-12-9(14)10(3,4)11/h5H2,1-4H3,(H,12,14). The average molecular weight is 275 g/mol. The van der Waals surface area contributed by atoms with Crippen molar-refractivity contribution in [3.05, 3.63) is 17.3 Å². The molecule has 0 aliphatic carbocycles. The number of carbonyl (C=O) groups is 1. The summed E-state index contributed by atoms with van der Waals surface area (Å²) < 4.78 is 4.77. The van der Waals surface area contributed by atoms with E-state index in [4.69, 9.17) is 4.42 Å². The Morgan fingerprint density at radius 1 is 1.53 bits per heavy atom. The fourth-order valence-corrected chi connectivity index (χ4v) is 1.12. The van der Waals surface area contributed by atoms with Gasteiger partial charge in [0.05, 0.1) is 16.6 Å². The van der Waals surface area contributed by atoms with Crippen LogP contribution < -0.4 is 5.32 Å². The molecule has 1 aromatic rings. The number of alkyl halides is 1. The predicted molar refractivity (Wildman–Crippen MR) is 60.8 cm³/mol. The fourth-order valence-electron chi connectivity index (χ4n) is 0.981. The molecule has 0 saturated heterocycles. The van der Waals surface area contributed by atoms with Gasteiger partial charge < -0.3 is 9.73 Å². The summed E-state index contributed by atoms with van der Waals surface area (Å²) in [4.78, 5) is 15.7.